The number of thioether (sulfide) groups is 1. The molecule has 0 bridgehead atoms. The molecule has 0 aliphatic rings. The molecule has 7 nitrogen and oxygen atoms in total. The minimum absolute atomic E-state index is 0.0587. The Morgan fingerprint density at radius 3 is 2.32 bits per heavy atom. The summed E-state index contributed by atoms with van der Waals surface area (Å²) in [5.74, 6) is -0.395. The molecule has 8 heteroatoms. The van der Waals surface area contributed by atoms with E-state index in [1.54, 1.807) is 36.4 Å². The van der Waals surface area contributed by atoms with Gasteiger partial charge in [-0.25, -0.2) is 0 Å². The lowest BCUT2D eigenvalue weighted by atomic mass is 10.1. The van der Waals surface area contributed by atoms with Crippen molar-refractivity contribution in [1.29, 1.82) is 0 Å². The Kier molecular flexibility index (Phi) is 11.4. The Morgan fingerprint density at radius 2 is 1.57 bits per heavy atom. The van der Waals surface area contributed by atoms with E-state index in [1.807, 2.05) is 94.4 Å². The third-order valence-electron chi connectivity index (χ3n) is 6.94. The molecule has 1 unspecified atom stereocenters. The van der Waals surface area contributed by atoms with Crippen molar-refractivity contribution >= 4 is 46.9 Å². The minimum Gasteiger partial charge on any atom is -0.493 e. The van der Waals surface area contributed by atoms with Crippen molar-refractivity contribution in [1.82, 2.24) is 5.32 Å². The predicted octanol–water partition coefficient (Wildman–Crippen LogP) is 7.62. The van der Waals surface area contributed by atoms with Gasteiger partial charge in [-0.15, -0.1) is 11.8 Å². The zero-order valence-corrected chi connectivity index (χ0v) is 26.2. The van der Waals surface area contributed by atoms with Gasteiger partial charge >= 0.3 is 0 Å². The quantitative estimate of drug-likeness (QED) is 0.114. The summed E-state index contributed by atoms with van der Waals surface area (Å²) in [4.78, 5) is 40.7. The lowest BCUT2D eigenvalue weighted by Crippen LogP contribution is -2.30. The molecule has 0 saturated heterocycles. The van der Waals surface area contributed by atoms with E-state index in [2.05, 4.69) is 16.0 Å². The molecule has 0 aliphatic carbocycles. The first kappa shape index (κ1) is 32.1. The van der Waals surface area contributed by atoms with Crippen molar-refractivity contribution in [2.75, 3.05) is 17.2 Å². The van der Waals surface area contributed by atoms with Crippen LogP contribution in [0.25, 0.3) is 6.08 Å². The van der Waals surface area contributed by atoms with Crippen molar-refractivity contribution in [2.45, 2.75) is 44.3 Å². The summed E-state index contributed by atoms with van der Waals surface area (Å²) < 4.78 is 5.73. The van der Waals surface area contributed by atoms with Gasteiger partial charge in [0.15, 0.2) is 0 Å². The third kappa shape index (κ3) is 8.61. The molecule has 4 aromatic rings. The zero-order valence-electron chi connectivity index (χ0n) is 25.3. The van der Waals surface area contributed by atoms with Crippen molar-refractivity contribution in [3.63, 3.8) is 0 Å². The van der Waals surface area contributed by atoms with Gasteiger partial charge in [-0.2, -0.15) is 0 Å². The molecule has 3 amide bonds. The van der Waals surface area contributed by atoms with E-state index >= 15 is 0 Å². The van der Waals surface area contributed by atoms with E-state index in [1.165, 1.54) is 11.8 Å². The molecule has 44 heavy (non-hydrogen) atoms. The standard InChI is InChI=1S/C36H37N3O4S/c1-5-33(36(42)38-30-20-12-14-24(3)25(30)4)44-29-19-13-18-28(23-29)37-35(41)31(39-34(40)26-15-8-7-9-16-26)22-27-17-10-11-21-32(27)43-6-2/h7-23,33H,5-6H2,1-4H3,(H,37,41)(H,38,42)(H,39,40)/b31-22+. The molecule has 0 heterocycles. The highest BCUT2D eigenvalue weighted by atomic mass is 32.2. The summed E-state index contributed by atoms with van der Waals surface area (Å²) in [6.45, 7) is 8.31. The second-order valence-corrected chi connectivity index (χ2v) is 11.4. The molecule has 0 radical (unpaired) electrons. The van der Waals surface area contributed by atoms with Crippen LogP contribution < -0.4 is 20.7 Å². The minimum atomic E-state index is -0.498. The van der Waals surface area contributed by atoms with Crippen LogP contribution in [0.1, 0.15) is 47.3 Å². The molecule has 4 rings (SSSR count). The second kappa shape index (κ2) is 15.6. The number of hydrogen-bond acceptors (Lipinski definition) is 5. The average Bonchev–Trinajstić information content (AvgIpc) is 3.03. The van der Waals surface area contributed by atoms with Crippen LogP contribution in [0.4, 0.5) is 11.4 Å². The summed E-state index contributed by atoms with van der Waals surface area (Å²) in [6, 6.07) is 29.2. The zero-order chi connectivity index (χ0) is 31.5. The Bertz CT molecular complexity index is 1650. The molecule has 0 aliphatic heterocycles. The summed E-state index contributed by atoms with van der Waals surface area (Å²) >= 11 is 1.43. The number of ether oxygens (including phenoxy) is 1. The number of aryl methyl sites for hydroxylation is 1. The molecule has 3 N–H and O–H groups in total. The van der Waals surface area contributed by atoms with Gasteiger partial charge in [0.05, 0.1) is 11.9 Å². The highest BCUT2D eigenvalue weighted by Crippen LogP contribution is 2.30. The van der Waals surface area contributed by atoms with Crippen LogP contribution in [0.5, 0.6) is 5.75 Å². The number of carbonyl (C=O) groups is 3. The van der Waals surface area contributed by atoms with Crippen molar-refractivity contribution < 1.29 is 19.1 Å². The summed E-state index contributed by atoms with van der Waals surface area (Å²) in [6.07, 6.45) is 2.22. The normalized spacial score (nSPS) is 11.8. The Hall–Kier alpha value is -4.82. The van der Waals surface area contributed by atoms with Gasteiger partial charge in [-0.1, -0.05) is 61.5 Å². The Morgan fingerprint density at radius 1 is 0.841 bits per heavy atom. The number of rotatable bonds is 12. The number of hydrogen-bond donors (Lipinski definition) is 3. The molecule has 0 spiro atoms. The maximum Gasteiger partial charge on any atom is 0.272 e. The van der Waals surface area contributed by atoms with Gasteiger partial charge in [0.2, 0.25) is 5.91 Å². The SMILES string of the molecule is CCOc1ccccc1/C=C(/NC(=O)c1ccccc1)C(=O)Nc1cccc(SC(CC)C(=O)Nc2cccc(C)c2C)c1. The number of anilines is 2. The van der Waals surface area contributed by atoms with Gasteiger partial charge < -0.3 is 20.7 Å². The van der Waals surface area contributed by atoms with Gasteiger partial charge in [0.1, 0.15) is 11.4 Å². The maximum atomic E-state index is 13.6. The van der Waals surface area contributed by atoms with Gasteiger partial charge in [0, 0.05) is 27.4 Å². The molecular weight excluding hydrogens is 570 g/mol. The van der Waals surface area contributed by atoms with E-state index < -0.39 is 11.8 Å². The third-order valence-corrected chi connectivity index (χ3v) is 8.30. The molecule has 0 aromatic heterocycles. The summed E-state index contributed by atoms with van der Waals surface area (Å²) in [5.41, 5.74) is 4.62. The van der Waals surface area contributed by atoms with Crippen molar-refractivity contribution in [2.24, 2.45) is 0 Å². The highest BCUT2D eigenvalue weighted by Gasteiger charge is 2.20. The van der Waals surface area contributed by atoms with Gasteiger partial charge in [0.25, 0.3) is 11.8 Å². The first-order valence-corrected chi connectivity index (χ1v) is 15.4. The van der Waals surface area contributed by atoms with Crippen molar-refractivity contribution in [3.8, 4) is 5.75 Å². The smallest absolute Gasteiger partial charge is 0.272 e. The van der Waals surface area contributed by atoms with Crippen LogP contribution in [0.2, 0.25) is 0 Å². The average molecular weight is 608 g/mol. The number of para-hydroxylation sites is 1. The van der Waals surface area contributed by atoms with E-state index in [0.29, 0.717) is 35.6 Å². The molecule has 226 valence electrons. The van der Waals surface area contributed by atoms with Crippen LogP contribution in [-0.4, -0.2) is 29.6 Å². The molecule has 4 aromatic carbocycles. The fourth-order valence-corrected chi connectivity index (χ4v) is 5.43. The molecule has 0 fully saturated rings. The molecular formula is C36H37N3O4S. The topological polar surface area (TPSA) is 96.5 Å². The largest absolute Gasteiger partial charge is 0.493 e. The first-order chi connectivity index (χ1) is 21.3. The van der Waals surface area contributed by atoms with E-state index in [-0.39, 0.29) is 16.9 Å². The van der Waals surface area contributed by atoms with Crippen LogP contribution in [0.15, 0.2) is 108 Å². The lowest BCUT2D eigenvalue weighted by Gasteiger charge is -2.17. The monoisotopic (exact) mass is 607 g/mol. The van der Waals surface area contributed by atoms with Gasteiger partial charge in [-0.3, -0.25) is 14.4 Å². The van der Waals surface area contributed by atoms with E-state index in [0.717, 1.165) is 21.7 Å². The fourth-order valence-electron chi connectivity index (χ4n) is 4.42. The van der Waals surface area contributed by atoms with Crippen LogP contribution >= 0.6 is 11.8 Å². The summed E-state index contributed by atoms with van der Waals surface area (Å²) in [7, 11) is 0. The lowest BCUT2D eigenvalue weighted by molar-refractivity contribution is -0.116. The first-order valence-electron chi connectivity index (χ1n) is 14.5. The number of nitrogens with one attached hydrogen (secondary N) is 3. The molecule has 1 atom stereocenters. The van der Waals surface area contributed by atoms with Crippen LogP contribution in [-0.2, 0) is 9.59 Å². The van der Waals surface area contributed by atoms with Crippen LogP contribution in [0, 0.1) is 13.8 Å². The fraction of sp³-hybridized carbons (Fsp3) is 0.194. The van der Waals surface area contributed by atoms with E-state index in [9.17, 15) is 14.4 Å². The highest BCUT2D eigenvalue weighted by molar-refractivity contribution is 8.00. The number of amides is 3. The Balaban J connectivity index is 1.54. The van der Waals surface area contributed by atoms with Crippen molar-refractivity contribution in [3.05, 3.63) is 125 Å². The predicted molar refractivity (Wildman–Crippen MR) is 179 cm³/mol. The van der Waals surface area contributed by atoms with Gasteiger partial charge in [-0.05, 0) is 86.9 Å². The number of benzene rings is 4. The van der Waals surface area contributed by atoms with Crippen LogP contribution in [0.3, 0.4) is 0 Å². The maximum absolute atomic E-state index is 13.6. The second-order valence-electron chi connectivity index (χ2n) is 10.1. The van der Waals surface area contributed by atoms with E-state index in [4.69, 9.17) is 4.74 Å². The molecule has 0 saturated carbocycles. The number of carbonyl (C=O) groups excluding carboxylic acids is 3. The summed E-state index contributed by atoms with van der Waals surface area (Å²) in [5, 5.41) is 8.41. The Labute approximate surface area is 263 Å².